The lowest BCUT2D eigenvalue weighted by Crippen LogP contribution is -2.45. The van der Waals surface area contributed by atoms with Crippen molar-refractivity contribution in [1.29, 1.82) is 0 Å². The van der Waals surface area contributed by atoms with Gasteiger partial charge in [-0.1, -0.05) is 52.0 Å². The molecule has 0 radical (unpaired) electrons. The van der Waals surface area contributed by atoms with Crippen LogP contribution in [0, 0.1) is 17.8 Å². The number of esters is 2. The van der Waals surface area contributed by atoms with Crippen LogP contribution in [0.2, 0.25) is 0 Å². The number of fused-ring (bicyclic) bond motifs is 2. The standard InChI is InChI=1S/C31H37N3O8/c1-16(2)18(30(39)41-5)11-14-23(35)33-21-12-13-22(34-24(36)15-32-27(17(3)4)31(40)42-6)26-25(21)28(37)19-9-7-8-10-20(19)29(26)38/h7-10,12-13,16-18,27,32H,11,14-15H2,1-6H3,(H,33,35)(H,34,36)/t18-,27+/m0/s1. The first-order valence-corrected chi connectivity index (χ1v) is 13.7. The highest BCUT2D eigenvalue weighted by Crippen LogP contribution is 2.36. The van der Waals surface area contributed by atoms with E-state index in [1.807, 2.05) is 13.8 Å². The van der Waals surface area contributed by atoms with Crippen LogP contribution in [0.25, 0.3) is 0 Å². The van der Waals surface area contributed by atoms with E-state index in [1.165, 1.54) is 38.5 Å². The highest BCUT2D eigenvalue weighted by Gasteiger charge is 2.35. The molecule has 0 aliphatic heterocycles. The molecule has 0 saturated heterocycles. The molecule has 3 N–H and O–H groups in total. The summed E-state index contributed by atoms with van der Waals surface area (Å²) >= 11 is 0. The second kappa shape index (κ2) is 14.0. The van der Waals surface area contributed by atoms with E-state index < -0.39 is 47.3 Å². The molecule has 0 unspecified atom stereocenters. The molecule has 1 aliphatic carbocycles. The molecule has 0 spiro atoms. The van der Waals surface area contributed by atoms with Crippen LogP contribution >= 0.6 is 0 Å². The Morgan fingerprint density at radius 2 is 1.21 bits per heavy atom. The fraction of sp³-hybridized carbons (Fsp3) is 0.419. The van der Waals surface area contributed by atoms with E-state index in [-0.39, 0.29) is 64.9 Å². The van der Waals surface area contributed by atoms with Gasteiger partial charge < -0.3 is 20.1 Å². The Kier molecular flexibility index (Phi) is 10.7. The predicted molar refractivity (Wildman–Crippen MR) is 155 cm³/mol. The van der Waals surface area contributed by atoms with Crippen LogP contribution < -0.4 is 16.0 Å². The van der Waals surface area contributed by atoms with Crippen LogP contribution in [0.15, 0.2) is 36.4 Å². The topological polar surface area (TPSA) is 157 Å². The Morgan fingerprint density at radius 1 is 0.714 bits per heavy atom. The lowest BCUT2D eigenvalue weighted by atomic mass is 9.82. The molecule has 2 amide bonds. The molecular weight excluding hydrogens is 542 g/mol. The van der Waals surface area contributed by atoms with E-state index >= 15 is 0 Å². The summed E-state index contributed by atoms with van der Waals surface area (Å²) < 4.78 is 9.64. The third-order valence-electron chi connectivity index (χ3n) is 7.22. The zero-order chi connectivity index (χ0) is 31.1. The number of rotatable bonds is 12. The second-order valence-electron chi connectivity index (χ2n) is 10.7. The van der Waals surface area contributed by atoms with Gasteiger partial charge in [-0.25, -0.2) is 0 Å². The Bertz CT molecular complexity index is 1290. The largest absolute Gasteiger partial charge is 0.469 e. The fourth-order valence-electron chi connectivity index (χ4n) is 4.92. The molecular formula is C31H37N3O8. The summed E-state index contributed by atoms with van der Waals surface area (Å²) in [6.07, 6.45) is 0.213. The number of anilines is 2. The maximum atomic E-state index is 13.6. The van der Waals surface area contributed by atoms with Crippen molar-refractivity contribution in [2.75, 3.05) is 31.4 Å². The number of carbonyl (C=O) groups excluding carboxylic acids is 6. The summed E-state index contributed by atoms with van der Waals surface area (Å²) in [5.41, 5.74) is 0.472. The average molecular weight is 580 g/mol. The molecule has 2 aromatic rings. The predicted octanol–water partition coefficient (Wildman–Crippen LogP) is 3.35. The van der Waals surface area contributed by atoms with E-state index in [4.69, 9.17) is 9.47 Å². The number of hydrogen-bond acceptors (Lipinski definition) is 9. The molecule has 0 heterocycles. The van der Waals surface area contributed by atoms with Crippen molar-refractivity contribution in [2.45, 2.75) is 46.6 Å². The molecule has 0 aromatic heterocycles. The Hall–Kier alpha value is -4.38. The van der Waals surface area contributed by atoms with Crippen LogP contribution in [-0.2, 0) is 28.7 Å². The van der Waals surface area contributed by atoms with Gasteiger partial charge in [0.15, 0.2) is 11.6 Å². The van der Waals surface area contributed by atoms with Gasteiger partial charge in [0.05, 0.1) is 49.2 Å². The maximum absolute atomic E-state index is 13.6. The number of methoxy groups -OCH3 is 2. The van der Waals surface area contributed by atoms with Crippen LogP contribution in [0.1, 0.15) is 72.4 Å². The highest BCUT2D eigenvalue weighted by molar-refractivity contribution is 6.32. The van der Waals surface area contributed by atoms with Crippen molar-refractivity contribution in [1.82, 2.24) is 5.32 Å². The van der Waals surface area contributed by atoms with Crippen LogP contribution in [0.4, 0.5) is 11.4 Å². The molecule has 1 aliphatic rings. The number of amides is 2. The van der Waals surface area contributed by atoms with Crippen molar-refractivity contribution in [2.24, 2.45) is 17.8 Å². The Morgan fingerprint density at radius 3 is 1.67 bits per heavy atom. The van der Waals surface area contributed by atoms with E-state index in [2.05, 4.69) is 16.0 Å². The minimum absolute atomic E-state index is 0.0210. The zero-order valence-corrected chi connectivity index (χ0v) is 24.7. The van der Waals surface area contributed by atoms with Gasteiger partial charge in [-0.05, 0) is 30.4 Å². The minimum Gasteiger partial charge on any atom is -0.469 e. The summed E-state index contributed by atoms with van der Waals surface area (Å²) in [4.78, 5) is 77.2. The molecule has 2 atom stereocenters. The van der Waals surface area contributed by atoms with Crippen LogP contribution in [0.5, 0.6) is 0 Å². The Balaban J connectivity index is 1.91. The minimum atomic E-state index is -0.725. The summed E-state index contributed by atoms with van der Waals surface area (Å²) in [6.45, 7) is 7.06. The van der Waals surface area contributed by atoms with Gasteiger partial charge in [-0.15, -0.1) is 0 Å². The molecule has 0 fully saturated rings. The Labute approximate surface area is 244 Å². The van der Waals surface area contributed by atoms with E-state index in [0.29, 0.717) is 0 Å². The molecule has 224 valence electrons. The van der Waals surface area contributed by atoms with Crippen LogP contribution in [0.3, 0.4) is 0 Å². The van der Waals surface area contributed by atoms with Gasteiger partial charge in [0, 0.05) is 17.5 Å². The van der Waals surface area contributed by atoms with Crippen molar-refractivity contribution in [3.8, 4) is 0 Å². The number of benzene rings is 2. The maximum Gasteiger partial charge on any atom is 0.323 e. The highest BCUT2D eigenvalue weighted by atomic mass is 16.5. The average Bonchev–Trinajstić information content (AvgIpc) is 2.95. The normalized spacial score (nSPS) is 13.6. The number of carbonyl (C=O) groups is 6. The van der Waals surface area contributed by atoms with Crippen molar-refractivity contribution in [3.05, 3.63) is 58.7 Å². The molecule has 42 heavy (non-hydrogen) atoms. The number of ketones is 2. The summed E-state index contributed by atoms with van der Waals surface area (Å²) in [7, 11) is 2.55. The summed E-state index contributed by atoms with van der Waals surface area (Å²) in [6, 6.07) is 8.49. The first-order valence-electron chi connectivity index (χ1n) is 13.7. The number of nitrogens with one attached hydrogen (secondary N) is 3. The lowest BCUT2D eigenvalue weighted by Gasteiger charge is -2.24. The van der Waals surface area contributed by atoms with Gasteiger partial charge in [-0.3, -0.25) is 34.1 Å². The molecule has 0 saturated carbocycles. The third-order valence-corrected chi connectivity index (χ3v) is 7.22. The molecule has 0 bridgehead atoms. The molecule has 3 rings (SSSR count). The zero-order valence-electron chi connectivity index (χ0n) is 24.7. The molecule has 11 nitrogen and oxygen atoms in total. The van der Waals surface area contributed by atoms with Gasteiger partial charge >= 0.3 is 11.9 Å². The third kappa shape index (κ3) is 7.09. The van der Waals surface area contributed by atoms with Gasteiger partial charge in [0.1, 0.15) is 6.04 Å². The lowest BCUT2D eigenvalue weighted by molar-refractivity contribution is -0.147. The quantitative estimate of drug-likeness (QED) is 0.274. The van der Waals surface area contributed by atoms with Crippen LogP contribution in [-0.4, -0.2) is 62.1 Å². The second-order valence-corrected chi connectivity index (χ2v) is 10.7. The van der Waals surface area contributed by atoms with Gasteiger partial charge in [-0.2, -0.15) is 0 Å². The first-order chi connectivity index (χ1) is 19.9. The fourth-order valence-corrected chi connectivity index (χ4v) is 4.92. The first kappa shape index (κ1) is 32.1. The summed E-state index contributed by atoms with van der Waals surface area (Å²) in [5, 5.41) is 8.24. The molecule has 2 aromatic carbocycles. The van der Waals surface area contributed by atoms with Gasteiger partial charge in [0.25, 0.3) is 0 Å². The van der Waals surface area contributed by atoms with E-state index in [9.17, 15) is 28.8 Å². The van der Waals surface area contributed by atoms with Crippen molar-refractivity contribution in [3.63, 3.8) is 0 Å². The SMILES string of the molecule is COC(=O)[C@@H](CCC(=O)Nc1ccc(NC(=O)CN[C@@H](C(=O)OC)C(C)C)c2c1C(=O)c1ccccc1C2=O)C(C)C. The summed E-state index contributed by atoms with van der Waals surface area (Å²) in [5.74, 6) is -3.57. The van der Waals surface area contributed by atoms with Gasteiger partial charge in [0.2, 0.25) is 11.8 Å². The number of hydrogen-bond donors (Lipinski definition) is 3. The smallest absolute Gasteiger partial charge is 0.323 e. The van der Waals surface area contributed by atoms with Crippen molar-refractivity contribution < 1.29 is 38.2 Å². The van der Waals surface area contributed by atoms with Crippen molar-refractivity contribution >= 4 is 46.7 Å². The van der Waals surface area contributed by atoms with E-state index in [0.717, 1.165) is 0 Å². The monoisotopic (exact) mass is 579 g/mol. The number of ether oxygens (including phenoxy) is 2. The van der Waals surface area contributed by atoms with E-state index in [1.54, 1.807) is 26.0 Å². The molecule has 11 heteroatoms.